The SMILES string of the molecule is C=CC(=O)Nc1cccc(Nc2nc(NC3CCCN(C(C)O)C3)ncc2F)c1. The second-order valence-electron chi connectivity index (χ2n) is 6.90. The number of carbonyl (C=O) groups excluding carboxylic acids is 1. The van der Waals surface area contributed by atoms with Crippen molar-refractivity contribution in [1.29, 1.82) is 0 Å². The minimum absolute atomic E-state index is 0.0258. The standard InChI is InChI=1S/C20H25FN6O2/c1-3-18(29)23-14-6-4-7-15(10-14)24-19-17(21)11-22-20(26-19)25-16-8-5-9-27(12-16)13(2)28/h3-4,6-7,10-11,13,16,28H,1,5,8-9,12H2,2H3,(H,23,29)(H2,22,24,25,26). The summed E-state index contributed by atoms with van der Waals surface area (Å²) in [6.45, 7) is 6.65. The number of hydrogen-bond donors (Lipinski definition) is 4. The van der Waals surface area contributed by atoms with Gasteiger partial charge in [-0.3, -0.25) is 9.69 Å². The summed E-state index contributed by atoms with van der Waals surface area (Å²) in [7, 11) is 0. The van der Waals surface area contributed by atoms with Gasteiger partial charge in [0.1, 0.15) is 6.23 Å². The van der Waals surface area contributed by atoms with Crippen LogP contribution in [0.3, 0.4) is 0 Å². The molecule has 2 unspecified atom stereocenters. The second-order valence-corrected chi connectivity index (χ2v) is 6.90. The zero-order valence-electron chi connectivity index (χ0n) is 16.2. The molecule has 0 aliphatic carbocycles. The third-order valence-electron chi connectivity index (χ3n) is 4.64. The Morgan fingerprint density at radius 3 is 3.00 bits per heavy atom. The Kier molecular flexibility index (Phi) is 6.73. The first-order valence-electron chi connectivity index (χ1n) is 9.46. The van der Waals surface area contributed by atoms with E-state index in [1.54, 1.807) is 31.2 Å². The van der Waals surface area contributed by atoms with E-state index in [1.807, 2.05) is 4.90 Å². The Morgan fingerprint density at radius 2 is 2.24 bits per heavy atom. The lowest BCUT2D eigenvalue weighted by Crippen LogP contribution is -2.46. The van der Waals surface area contributed by atoms with Gasteiger partial charge in [0.25, 0.3) is 0 Å². The molecule has 29 heavy (non-hydrogen) atoms. The van der Waals surface area contributed by atoms with Crippen LogP contribution < -0.4 is 16.0 Å². The van der Waals surface area contributed by atoms with Gasteiger partial charge >= 0.3 is 0 Å². The summed E-state index contributed by atoms with van der Waals surface area (Å²) in [4.78, 5) is 21.7. The molecule has 8 nitrogen and oxygen atoms in total. The second kappa shape index (κ2) is 9.44. The normalized spacial score (nSPS) is 18.0. The zero-order valence-corrected chi connectivity index (χ0v) is 16.2. The molecule has 2 heterocycles. The summed E-state index contributed by atoms with van der Waals surface area (Å²) in [5, 5.41) is 18.6. The van der Waals surface area contributed by atoms with E-state index >= 15 is 0 Å². The van der Waals surface area contributed by atoms with Crippen molar-refractivity contribution in [3.8, 4) is 0 Å². The van der Waals surface area contributed by atoms with Crippen LogP contribution in [0.15, 0.2) is 43.1 Å². The van der Waals surface area contributed by atoms with E-state index in [2.05, 4.69) is 32.5 Å². The molecular formula is C20H25FN6O2. The quantitative estimate of drug-likeness (QED) is 0.530. The molecule has 3 rings (SSSR count). The highest BCUT2D eigenvalue weighted by Gasteiger charge is 2.23. The van der Waals surface area contributed by atoms with Crippen LogP contribution >= 0.6 is 0 Å². The molecule has 1 aliphatic rings. The van der Waals surface area contributed by atoms with Crippen molar-refractivity contribution in [2.24, 2.45) is 0 Å². The number of likely N-dealkylation sites (tertiary alicyclic amines) is 1. The Bertz CT molecular complexity index is 876. The maximum atomic E-state index is 14.2. The summed E-state index contributed by atoms with van der Waals surface area (Å²) in [5.74, 6) is -0.591. The van der Waals surface area contributed by atoms with Crippen molar-refractivity contribution in [1.82, 2.24) is 14.9 Å². The Labute approximate surface area is 168 Å². The van der Waals surface area contributed by atoms with E-state index in [0.717, 1.165) is 25.6 Å². The van der Waals surface area contributed by atoms with Crippen molar-refractivity contribution in [3.05, 3.63) is 48.9 Å². The number of piperidine rings is 1. The Morgan fingerprint density at radius 1 is 1.45 bits per heavy atom. The molecule has 1 aromatic heterocycles. The van der Waals surface area contributed by atoms with Crippen molar-refractivity contribution >= 4 is 29.0 Å². The van der Waals surface area contributed by atoms with Gasteiger partial charge in [0, 0.05) is 30.5 Å². The number of aliphatic hydroxyl groups is 1. The van der Waals surface area contributed by atoms with E-state index in [9.17, 15) is 14.3 Å². The first-order valence-corrected chi connectivity index (χ1v) is 9.46. The van der Waals surface area contributed by atoms with Gasteiger partial charge in [0.05, 0.1) is 6.20 Å². The number of nitrogens with zero attached hydrogens (tertiary/aromatic N) is 3. The average Bonchev–Trinajstić information content (AvgIpc) is 2.71. The fourth-order valence-corrected chi connectivity index (χ4v) is 3.18. The molecule has 1 amide bonds. The summed E-state index contributed by atoms with van der Waals surface area (Å²) < 4.78 is 14.2. The zero-order chi connectivity index (χ0) is 20.8. The molecule has 4 N–H and O–H groups in total. The molecule has 1 aromatic carbocycles. The van der Waals surface area contributed by atoms with Gasteiger partial charge in [-0.1, -0.05) is 12.6 Å². The lowest BCUT2D eigenvalue weighted by Gasteiger charge is -2.34. The predicted octanol–water partition coefficient (Wildman–Crippen LogP) is 2.70. The lowest BCUT2D eigenvalue weighted by atomic mass is 10.1. The maximum Gasteiger partial charge on any atom is 0.247 e. The smallest absolute Gasteiger partial charge is 0.247 e. The van der Waals surface area contributed by atoms with Crippen LogP contribution in [-0.4, -0.2) is 51.2 Å². The van der Waals surface area contributed by atoms with E-state index < -0.39 is 12.0 Å². The highest BCUT2D eigenvalue weighted by molar-refractivity contribution is 5.99. The molecular weight excluding hydrogens is 375 g/mol. The molecule has 1 aliphatic heterocycles. The number of aliphatic hydroxyl groups excluding tert-OH is 1. The molecule has 1 saturated heterocycles. The van der Waals surface area contributed by atoms with Crippen LogP contribution in [-0.2, 0) is 4.79 Å². The Balaban J connectivity index is 1.70. The third-order valence-corrected chi connectivity index (χ3v) is 4.64. The van der Waals surface area contributed by atoms with Crippen LogP contribution in [0.5, 0.6) is 0 Å². The summed E-state index contributed by atoms with van der Waals surface area (Å²) in [6, 6.07) is 6.91. The van der Waals surface area contributed by atoms with E-state index in [0.29, 0.717) is 23.9 Å². The molecule has 2 aromatic rings. The number of halogens is 1. The molecule has 0 saturated carbocycles. The van der Waals surface area contributed by atoms with Crippen LogP contribution in [0.25, 0.3) is 0 Å². The maximum absolute atomic E-state index is 14.2. The Hall–Kier alpha value is -3.04. The highest BCUT2D eigenvalue weighted by atomic mass is 19.1. The van der Waals surface area contributed by atoms with Gasteiger partial charge in [0.15, 0.2) is 11.6 Å². The van der Waals surface area contributed by atoms with Gasteiger partial charge in [-0.25, -0.2) is 9.37 Å². The van der Waals surface area contributed by atoms with Crippen LogP contribution in [0.1, 0.15) is 19.8 Å². The number of hydrogen-bond acceptors (Lipinski definition) is 7. The molecule has 2 atom stereocenters. The largest absolute Gasteiger partial charge is 0.379 e. The van der Waals surface area contributed by atoms with Gasteiger partial charge in [-0.2, -0.15) is 4.98 Å². The van der Waals surface area contributed by atoms with Gasteiger partial charge in [-0.15, -0.1) is 0 Å². The van der Waals surface area contributed by atoms with Crippen LogP contribution in [0.4, 0.5) is 27.5 Å². The fraction of sp³-hybridized carbons (Fsp3) is 0.350. The van der Waals surface area contributed by atoms with E-state index in [-0.39, 0.29) is 17.8 Å². The van der Waals surface area contributed by atoms with Crippen LogP contribution in [0, 0.1) is 5.82 Å². The topological polar surface area (TPSA) is 102 Å². The molecule has 9 heteroatoms. The van der Waals surface area contributed by atoms with Crippen molar-refractivity contribution in [2.45, 2.75) is 32.0 Å². The molecule has 0 radical (unpaired) electrons. The first kappa shape index (κ1) is 20.7. The van der Waals surface area contributed by atoms with Gasteiger partial charge in [-0.05, 0) is 44.0 Å². The summed E-state index contributed by atoms with van der Waals surface area (Å²) in [6.07, 6.45) is 3.62. The third kappa shape index (κ3) is 5.72. The first-order chi connectivity index (χ1) is 13.9. The molecule has 0 bridgehead atoms. The summed E-state index contributed by atoms with van der Waals surface area (Å²) >= 11 is 0. The summed E-state index contributed by atoms with van der Waals surface area (Å²) in [5.41, 5.74) is 1.11. The van der Waals surface area contributed by atoms with Gasteiger partial charge < -0.3 is 21.1 Å². The minimum atomic E-state index is -0.592. The number of benzene rings is 1. The van der Waals surface area contributed by atoms with Crippen molar-refractivity contribution in [2.75, 3.05) is 29.0 Å². The number of amides is 1. The number of rotatable bonds is 7. The van der Waals surface area contributed by atoms with Crippen molar-refractivity contribution < 1.29 is 14.3 Å². The van der Waals surface area contributed by atoms with E-state index in [4.69, 9.17) is 0 Å². The van der Waals surface area contributed by atoms with Crippen molar-refractivity contribution in [3.63, 3.8) is 0 Å². The number of aromatic nitrogens is 2. The molecule has 154 valence electrons. The highest BCUT2D eigenvalue weighted by Crippen LogP contribution is 2.22. The molecule has 0 spiro atoms. The monoisotopic (exact) mass is 400 g/mol. The molecule has 1 fully saturated rings. The lowest BCUT2D eigenvalue weighted by molar-refractivity contribution is -0.111. The average molecular weight is 400 g/mol. The van der Waals surface area contributed by atoms with Gasteiger partial charge in [0.2, 0.25) is 11.9 Å². The number of anilines is 4. The minimum Gasteiger partial charge on any atom is -0.379 e. The predicted molar refractivity (Wildman–Crippen MR) is 110 cm³/mol. The number of nitrogens with one attached hydrogen (secondary N) is 3. The van der Waals surface area contributed by atoms with Crippen LogP contribution in [0.2, 0.25) is 0 Å². The van der Waals surface area contributed by atoms with E-state index in [1.165, 1.54) is 6.08 Å². The number of carbonyl (C=O) groups is 1. The fourth-order valence-electron chi connectivity index (χ4n) is 3.18.